The Bertz CT molecular complexity index is 597. The third kappa shape index (κ3) is 5.61. The number of rotatable bonds is 6. The van der Waals surface area contributed by atoms with E-state index in [-0.39, 0.29) is 18.4 Å². The van der Waals surface area contributed by atoms with E-state index in [4.69, 9.17) is 16.3 Å². The number of halogens is 1. The predicted molar refractivity (Wildman–Crippen MR) is 88.2 cm³/mol. The first-order valence-electron chi connectivity index (χ1n) is 6.65. The molecule has 0 atom stereocenters. The average Bonchev–Trinajstić information content (AvgIpc) is 2.47. The van der Waals surface area contributed by atoms with Crippen molar-refractivity contribution in [2.24, 2.45) is 0 Å². The number of nitrogens with zero attached hydrogens (tertiary/aromatic N) is 1. The van der Waals surface area contributed by atoms with E-state index < -0.39 is 0 Å². The van der Waals surface area contributed by atoms with Crippen molar-refractivity contribution in [3.8, 4) is 5.75 Å². The summed E-state index contributed by atoms with van der Waals surface area (Å²) in [5.74, 6) is -0.0955. The molecule has 6 heteroatoms. The van der Waals surface area contributed by atoms with Gasteiger partial charge in [-0.05, 0) is 25.1 Å². The van der Waals surface area contributed by atoms with E-state index in [0.29, 0.717) is 16.5 Å². The quantitative estimate of drug-likeness (QED) is 0.647. The molecule has 0 unspecified atom stereocenters. The molecule has 0 spiro atoms. The van der Waals surface area contributed by atoms with Gasteiger partial charge in [-0.1, -0.05) is 29.8 Å². The molecule has 0 fully saturated rings. The van der Waals surface area contributed by atoms with Crippen molar-refractivity contribution >= 4 is 29.1 Å². The van der Waals surface area contributed by atoms with E-state index in [2.05, 4.69) is 5.32 Å². The summed E-state index contributed by atoms with van der Waals surface area (Å²) in [7, 11) is 3.05. The summed E-state index contributed by atoms with van der Waals surface area (Å²) in [6, 6.07) is 4.91. The highest BCUT2D eigenvalue weighted by Crippen LogP contribution is 2.27. The third-order valence-corrected chi connectivity index (χ3v) is 2.97. The lowest BCUT2D eigenvalue weighted by Gasteiger charge is -2.16. The smallest absolute Gasteiger partial charge is 0.246 e. The average molecular weight is 323 g/mol. The molecule has 0 aliphatic carbocycles. The van der Waals surface area contributed by atoms with Crippen LogP contribution < -0.4 is 10.1 Å². The molecule has 1 aromatic carbocycles. The van der Waals surface area contributed by atoms with Crippen LogP contribution in [0.3, 0.4) is 0 Å². The van der Waals surface area contributed by atoms with E-state index in [0.717, 1.165) is 0 Å². The maximum Gasteiger partial charge on any atom is 0.246 e. The van der Waals surface area contributed by atoms with Gasteiger partial charge in [0.15, 0.2) is 0 Å². The number of nitrogens with one attached hydrogen (secondary N) is 1. The molecule has 1 aromatic rings. The van der Waals surface area contributed by atoms with Gasteiger partial charge in [0.05, 0.1) is 19.3 Å². The monoisotopic (exact) mass is 322 g/mol. The van der Waals surface area contributed by atoms with Crippen LogP contribution in [0.25, 0.3) is 0 Å². The van der Waals surface area contributed by atoms with Crippen molar-refractivity contribution in [1.29, 1.82) is 0 Å². The normalized spacial score (nSPS) is 10.9. The van der Waals surface area contributed by atoms with Gasteiger partial charge in [-0.15, -0.1) is 0 Å². The fourth-order valence-electron chi connectivity index (χ4n) is 1.64. The number of carbonyl (C=O) groups is 2. The van der Waals surface area contributed by atoms with Crippen molar-refractivity contribution in [1.82, 2.24) is 4.90 Å². The van der Waals surface area contributed by atoms with E-state index in [1.807, 2.05) is 13.0 Å². The Balaban J connectivity index is 2.66. The van der Waals surface area contributed by atoms with Gasteiger partial charge in [-0.25, -0.2) is 0 Å². The first kappa shape index (κ1) is 17.8. The van der Waals surface area contributed by atoms with Gasteiger partial charge in [0.25, 0.3) is 0 Å². The standard InChI is InChI=1S/C16H19ClN2O3/c1-4-5-6-7-16(21)19(2)11-15(20)18-13-10-12(17)8-9-14(13)22-3/h4-10H,11H2,1-3H3,(H,18,20). The van der Waals surface area contributed by atoms with Gasteiger partial charge in [-0.3, -0.25) is 9.59 Å². The van der Waals surface area contributed by atoms with Crippen molar-refractivity contribution in [3.05, 3.63) is 47.5 Å². The Labute approximate surface area is 135 Å². The lowest BCUT2D eigenvalue weighted by Crippen LogP contribution is -2.33. The minimum Gasteiger partial charge on any atom is -0.495 e. The molecule has 0 aliphatic rings. The molecule has 0 heterocycles. The third-order valence-electron chi connectivity index (χ3n) is 2.73. The zero-order valence-electron chi connectivity index (χ0n) is 12.8. The first-order valence-corrected chi connectivity index (χ1v) is 7.03. The Kier molecular flexibility index (Phi) is 7.19. The molecule has 2 amide bonds. The molecule has 118 valence electrons. The van der Waals surface area contributed by atoms with E-state index in [1.165, 1.54) is 18.1 Å². The van der Waals surface area contributed by atoms with Crippen LogP contribution in [0.15, 0.2) is 42.5 Å². The van der Waals surface area contributed by atoms with Gasteiger partial charge in [0.2, 0.25) is 11.8 Å². The highest BCUT2D eigenvalue weighted by atomic mass is 35.5. The maximum atomic E-state index is 12.0. The molecular weight excluding hydrogens is 304 g/mol. The van der Waals surface area contributed by atoms with Crippen LogP contribution in [-0.4, -0.2) is 37.4 Å². The predicted octanol–water partition coefficient (Wildman–Crippen LogP) is 2.88. The van der Waals surface area contributed by atoms with Crippen molar-refractivity contribution in [2.45, 2.75) is 6.92 Å². The lowest BCUT2D eigenvalue weighted by atomic mass is 10.3. The highest BCUT2D eigenvalue weighted by molar-refractivity contribution is 6.31. The molecule has 0 bridgehead atoms. The van der Waals surface area contributed by atoms with Crippen molar-refractivity contribution in [3.63, 3.8) is 0 Å². The lowest BCUT2D eigenvalue weighted by molar-refractivity contribution is -0.129. The Morgan fingerprint density at radius 1 is 1.36 bits per heavy atom. The molecule has 1 rings (SSSR count). The van der Waals surface area contributed by atoms with Crippen LogP contribution in [0, 0.1) is 0 Å². The number of allylic oxidation sites excluding steroid dienone is 3. The fraction of sp³-hybridized carbons (Fsp3) is 0.250. The van der Waals surface area contributed by atoms with Crippen LogP contribution in [-0.2, 0) is 9.59 Å². The van der Waals surface area contributed by atoms with Gasteiger partial charge < -0.3 is 15.0 Å². The van der Waals surface area contributed by atoms with E-state index in [1.54, 1.807) is 37.4 Å². The Hall–Kier alpha value is -2.27. The zero-order valence-corrected chi connectivity index (χ0v) is 13.6. The summed E-state index contributed by atoms with van der Waals surface area (Å²) < 4.78 is 5.15. The number of hydrogen-bond donors (Lipinski definition) is 1. The van der Waals surface area contributed by atoms with E-state index in [9.17, 15) is 9.59 Å². The summed E-state index contributed by atoms with van der Waals surface area (Å²) in [4.78, 5) is 25.1. The number of ether oxygens (including phenoxy) is 1. The molecular formula is C16H19ClN2O3. The second-order valence-electron chi connectivity index (χ2n) is 4.47. The number of likely N-dealkylation sites (N-methyl/N-ethyl adjacent to an activating group) is 1. The summed E-state index contributed by atoms with van der Waals surface area (Å²) in [6.45, 7) is 1.78. The van der Waals surface area contributed by atoms with Gasteiger partial charge >= 0.3 is 0 Å². The van der Waals surface area contributed by atoms with Crippen LogP contribution in [0.1, 0.15) is 6.92 Å². The Morgan fingerprint density at radius 3 is 2.73 bits per heavy atom. The first-order chi connectivity index (χ1) is 10.5. The zero-order chi connectivity index (χ0) is 16.5. The molecule has 0 aliphatic heterocycles. The molecule has 1 N–H and O–H groups in total. The molecule has 0 aromatic heterocycles. The highest BCUT2D eigenvalue weighted by Gasteiger charge is 2.12. The number of hydrogen-bond acceptors (Lipinski definition) is 3. The number of benzene rings is 1. The molecule has 5 nitrogen and oxygen atoms in total. The number of carbonyl (C=O) groups excluding carboxylic acids is 2. The SMILES string of the molecule is CC=CC=CC(=O)N(C)CC(=O)Nc1cc(Cl)ccc1OC. The van der Waals surface area contributed by atoms with E-state index >= 15 is 0 Å². The fourth-order valence-corrected chi connectivity index (χ4v) is 1.81. The second kappa shape index (κ2) is 8.89. The van der Waals surface area contributed by atoms with Crippen LogP contribution in [0.5, 0.6) is 5.75 Å². The summed E-state index contributed by atoms with van der Waals surface area (Å²) >= 11 is 5.90. The summed E-state index contributed by atoms with van der Waals surface area (Å²) in [6.07, 6.45) is 6.56. The summed E-state index contributed by atoms with van der Waals surface area (Å²) in [5, 5.41) is 3.16. The summed E-state index contributed by atoms with van der Waals surface area (Å²) in [5.41, 5.74) is 0.463. The largest absolute Gasteiger partial charge is 0.495 e. The topological polar surface area (TPSA) is 58.6 Å². The minimum absolute atomic E-state index is 0.0747. The molecule has 0 radical (unpaired) electrons. The second-order valence-corrected chi connectivity index (χ2v) is 4.91. The van der Waals surface area contributed by atoms with Crippen LogP contribution in [0.4, 0.5) is 5.69 Å². The van der Waals surface area contributed by atoms with Crippen LogP contribution in [0.2, 0.25) is 5.02 Å². The van der Waals surface area contributed by atoms with Gasteiger partial charge in [0.1, 0.15) is 5.75 Å². The van der Waals surface area contributed by atoms with Gasteiger partial charge in [0, 0.05) is 18.1 Å². The van der Waals surface area contributed by atoms with Crippen molar-refractivity contribution in [2.75, 3.05) is 26.0 Å². The van der Waals surface area contributed by atoms with Gasteiger partial charge in [-0.2, -0.15) is 0 Å². The maximum absolute atomic E-state index is 12.0. The number of methoxy groups -OCH3 is 1. The number of anilines is 1. The van der Waals surface area contributed by atoms with Crippen molar-refractivity contribution < 1.29 is 14.3 Å². The Morgan fingerprint density at radius 2 is 2.09 bits per heavy atom. The van der Waals surface area contributed by atoms with Crippen LogP contribution >= 0.6 is 11.6 Å². The molecule has 22 heavy (non-hydrogen) atoms. The number of amides is 2. The molecule has 0 saturated heterocycles. The molecule has 0 saturated carbocycles. The minimum atomic E-state index is -0.337.